The molecule has 0 radical (unpaired) electrons. The number of carboxylic acids is 1. The lowest BCUT2D eigenvalue weighted by molar-refractivity contribution is -0.182. The molecule has 0 aromatic rings. The molecular weight excluding hydrogens is 424 g/mol. The largest absolute Gasteiger partial charge is 0.481 e. The highest BCUT2D eigenvalue weighted by molar-refractivity contribution is 5.95. The van der Waals surface area contributed by atoms with E-state index in [9.17, 15) is 14.7 Å². The number of epoxide rings is 1. The van der Waals surface area contributed by atoms with E-state index in [1.807, 2.05) is 6.92 Å². The van der Waals surface area contributed by atoms with Gasteiger partial charge in [0.1, 0.15) is 0 Å². The van der Waals surface area contributed by atoms with Crippen molar-refractivity contribution in [3.8, 4) is 0 Å². The average molecular weight is 469 g/mol. The first-order chi connectivity index (χ1) is 15.6. The Morgan fingerprint density at radius 3 is 2.32 bits per heavy atom. The van der Waals surface area contributed by atoms with Crippen LogP contribution in [0.1, 0.15) is 99.8 Å². The second kappa shape index (κ2) is 6.39. The van der Waals surface area contributed by atoms with Gasteiger partial charge in [-0.2, -0.15) is 0 Å². The summed E-state index contributed by atoms with van der Waals surface area (Å²) >= 11 is 0. The predicted molar refractivity (Wildman–Crippen MR) is 131 cm³/mol. The Morgan fingerprint density at radius 2 is 1.65 bits per heavy atom. The summed E-state index contributed by atoms with van der Waals surface area (Å²) in [5, 5.41) is 10.1. The van der Waals surface area contributed by atoms with E-state index in [0.29, 0.717) is 30.3 Å². The fourth-order valence-electron chi connectivity index (χ4n) is 10.8. The molecule has 0 amide bonds. The van der Waals surface area contributed by atoms with Crippen LogP contribution in [0.3, 0.4) is 0 Å². The SMILES string of the molecule is CC1(C)[C@@H]2O[C@@H]2C[C@]2(C)[C@H]3C(=O)C=C4[C@@H]5C[C@](C)(C(=O)O)CC[C@]5(C)CC[C@@]4(C)[C@]3(C)CC[C@@H]12. The van der Waals surface area contributed by atoms with Crippen LogP contribution in [0, 0.1) is 50.2 Å². The minimum absolute atomic E-state index is 0.0238. The molecule has 10 atom stereocenters. The van der Waals surface area contributed by atoms with Crippen LogP contribution >= 0.6 is 0 Å². The van der Waals surface area contributed by atoms with E-state index in [-0.39, 0.29) is 38.9 Å². The van der Waals surface area contributed by atoms with Gasteiger partial charge in [-0.05, 0) is 103 Å². The average Bonchev–Trinajstić information content (AvgIpc) is 3.50. The van der Waals surface area contributed by atoms with E-state index in [2.05, 4.69) is 47.6 Å². The molecule has 0 bridgehead atoms. The van der Waals surface area contributed by atoms with E-state index >= 15 is 0 Å². The number of ketones is 1. The molecule has 5 aliphatic carbocycles. The van der Waals surface area contributed by atoms with E-state index in [1.165, 1.54) is 5.57 Å². The lowest BCUT2D eigenvalue weighted by atomic mass is 9.33. The number of allylic oxidation sites excluding steroid dienone is 2. The lowest BCUT2D eigenvalue weighted by Crippen LogP contribution is -2.66. The van der Waals surface area contributed by atoms with Crippen molar-refractivity contribution in [2.45, 2.75) is 112 Å². The predicted octanol–water partition coefficient (Wildman–Crippen LogP) is 6.43. The smallest absolute Gasteiger partial charge is 0.309 e. The molecule has 1 N–H and O–H groups in total. The number of carbonyl (C=O) groups excluding carboxylic acids is 1. The molecule has 4 heteroatoms. The Kier molecular flexibility index (Phi) is 4.37. The number of carbonyl (C=O) groups is 2. The Labute approximate surface area is 205 Å². The normalized spacial score (nSPS) is 57.2. The van der Waals surface area contributed by atoms with Gasteiger partial charge in [-0.1, -0.05) is 47.1 Å². The van der Waals surface area contributed by atoms with E-state index < -0.39 is 11.4 Å². The first-order valence-electron chi connectivity index (χ1n) is 13.8. The quantitative estimate of drug-likeness (QED) is 0.450. The van der Waals surface area contributed by atoms with Gasteiger partial charge in [0, 0.05) is 5.92 Å². The standard InChI is InChI=1S/C30H44O4/c1-25(2)21-8-9-30(7)22(28(21,5)16-20-23(25)34-20)19(31)14-17-18-15-27(4,24(32)33)11-10-26(18,3)12-13-29(17,30)6/h14,18,20-23H,8-13,15-16H2,1-7H3,(H,32,33)/t18-,20+,21-,22+,23+,26+,27+,28-,29+,30+/m0/s1. The van der Waals surface area contributed by atoms with Crippen molar-refractivity contribution in [3.05, 3.63) is 11.6 Å². The van der Waals surface area contributed by atoms with Gasteiger partial charge >= 0.3 is 5.97 Å². The summed E-state index contributed by atoms with van der Waals surface area (Å²) < 4.78 is 6.18. The first kappa shape index (κ1) is 23.3. The summed E-state index contributed by atoms with van der Waals surface area (Å²) in [4.78, 5) is 26.5. The highest BCUT2D eigenvalue weighted by Gasteiger charge is 2.73. The third-order valence-corrected chi connectivity index (χ3v) is 13.2. The maximum absolute atomic E-state index is 14.3. The molecular formula is C30H44O4. The monoisotopic (exact) mass is 468 g/mol. The van der Waals surface area contributed by atoms with Crippen molar-refractivity contribution in [2.24, 2.45) is 50.2 Å². The molecule has 0 aromatic heterocycles. The molecule has 1 saturated heterocycles. The number of fused-ring (bicyclic) bond motifs is 8. The zero-order chi connectivity index (χ0) is 24.7. The summed E-state index contributed by atoms with van der Waals surface area (Å²) in [5.74, 6) is 0.361. The van der Waals surface area contributed by atoms with Crippen molar-refractivity contribution >= 4 is 11.8 Å². The zero-order valence-corrected chi connectivity index (χ0v) is 22.3. The topological polar surface area (TPSA) is 66.9 Å². The Hall–Kier alpha value is -1.16. The Morgan fingerprint density at radius 1 is 0.971 bits per heavy atom. The molecule has 1 aliphatic heterocycles. The lowest BCUT2D eigenvalue weighted by Gasteiger charge is -2.69. The molecule has 0 unspecified atom stereocenters. The molecule has 0 aromatic carbocycles. The number of aliphatic carboxylic acids is 1. The molecule has 188 valence electrons. The number of hydrogen-bond acceptors (Lipinski definition) is 3. The van der Waals surface area contributed by atoms with Crippen molar-refractivity contribution < 1.29 is 19.4 Å². The van der Waals surface area contributed by atoms with Gasteiger partial charge in [-0.3, -0.25) is 9.59 Å². The molecule has 5 fully saturated rings. The number of rotatable bonds is 1. The van der Waals surface area contributed by atoms with Gasteiger partial charge in [0.2, 0.25) is 0 Å². The highest BCUT2D eigenvalue weighted by atomic mass is 16.6. The van der Waals surface area contributed by atoms with Crippen molar-refractivity contribution in [1.82, 2.24) is 0 Å². The van der Waals surface area contributed by atoms with Crippen molar-refractivity contribution in [2.75, 3.05) is 0 Å². The molecule has 6 rings (SSSR count). The third kappa shape index (κ3) is 2.55. The van der Waals surface area contributed by atoms with Crippen LogP contribution in [-0.4, -0.2) is 29.1 Å². The molecule has 0 spiro atoms. The summed E-state index contributed by atoms with van der Waals surface area (Å²) in [6.07, 6.45) is 10.6. The number of ether oxygens (including phenoxy) is 1. The molecule has 1 heterocycles. The minimum atomic E-state index is -0.695. The van der Waals surface area contributed by atoms with Crippen LogP contribution in [-0.2, 0) is 14.3 Å². The molecule has 6 aliphatic rings. The summed E-state index contributed by atoms with van der Waals surface area (Å²) in [5.41, 5.74) is 0.643. The summed E-state index contributed by atoms with van der Waals surface area (Å²) in [6.45, 7) is 16.3. The molecule has 4 saturated carbocycles. The van der Waals surface area contributed by atoms with Crippen LogP contribution in [0.2, 0.25) is 0 Å². The Bertz CT molecular complexity index is 1010. The highest BCUT2D eigenvalue weighted by Crippen LogP contribution is 2.76. The van der Waals surface area contributed by atoms with Gasteiger partial charge in [-0.15, -0.1) is 0 Å². The number of carboxylic acid groups (broad SMARTS) is 1. The van der Waals surface area contributed by atoms with E-state index in [1.54, 1.807) is 0 Å². The second-order valence-electron chi connectivity index (χ2n) is 15.2. The third-order valence-electron chi connectivity index (χ3n) is 13.2. The summed E-state index contributed by atoms with van der Waals surface area (Å²) in [6, 6.07) is 0. The maximum Gasteiger partial charge on any atom is 0.309 e. The van der Waals surface area contributed by atoms with Crippen LogP contribution < -0.4 is 0 Å². The van der Waals surface area contributed by atoms with E-state index in [4.69, 9.17) is 4.74 Å². The first-order valence-corrected chi connectivity index (χ1v) is 13.8. The molecule has 4 nitrogen and oxygen atoms in total. The van der Waals surface area contributed by atoms with Crippen molar-refractivity contribution in [3.63, 3.8) is 0 Å². The van der Waals surface area contributed by atoms with Gasteiger partial charge < -0.3 is 9.84 Å². The van der Waals surface area contributed by atoms with Crippen LogP contribution in [0.15, 0.2) is 11.6 Å². The minimum Gasteiger partial charge on any atom is -0.481 e. The van der Waals surface area contributed by atoms with Gasteiger partial charge in [-0.25, -0.2) is 0 Å². The van der Waals surface area contributed by atoms with Gasteiger partial charge in [0.15, 0.2) is 5.78 Å². The van der Waals surface area contributed by atoms with Crippen LogP contribution in [0.4, 0.5) is 0 Å². The maximum atomic E-state index is 14.3. The molecule has 34 heavy (non-hydrogen) atoms. The Balaban J connectivity index is 1.47. The fraction of sp³-hybridized carbons (Fsp3) is 0.867. The fourth-order valence-corrected chi connectivity index (χ4v) is 10.8. The number of hydrogen-bond donors (Lipinski definition) is 1. The van der Waals surface area contributed by atoms with Crippen molar-refractivity contribution in [1.29, 1.82) is 0 Å². The van der Waals surface area contributed by atoms with Crippen LogP contribution in [0.25, 0.3) is 0 Å². The summed E-state index contributed by atoms with van der Waals surface area (Å²) in [7, 11) is 0. The van der Waals surface area contributed by atoms with Gasteiger partial charge in [0.25, 0.3) is 0 Å². The second-order valence-corrected chi connectivity index (χ2v) is 15.2. The van der Waals surface area contributed by atoms with Gasteiger partial charge in [0.05, 0.1) is 17.6 Å². The van der Waals surface area contributed by atoms with Crippen LogP contribution in [0.5, 0.6) is 0 Å². The van der Waals surface area contributed by atoms with E-state index in [0.717, 1.165) is 44.9 Å². The zero-order valence-electron chi connectivity index (χ0n) is 22.3.